The molecule has 0 aliphatic heterocycles. The minimum atomic E-state index is -0.0122. The average Bonchev–Trinajstić information content (AvgIpc) is 3.41. The molecule has 2 aliphatic carbocycles. The van der Waals surface area contributed by atoms with Crippen molar-refractivity contribution in [2.24, 2.45) is 0 Å². The Bertz CT molecular complexity index is 1120. The number of hydrogen-bond acceptors (Lipinski definition) is 4. The SMILES string of the molecule is O=C(CSc1nc2c([nH]c3ccccc32)c(=O)n1C1CCCCC1)NC1CCCC1. The lowest BCUT2D eigenvalue weighted by molar-refractivity contribution is -0.119. The molecule has 158 valence electrons. The Labute approximate surface area is 179 Å². The summed E-state index contributed by atoms with van der Waals surface area (Å²) in [6.45, 7) is 0. The molecule has 0 unspecified atom stereocenters. The number of aromatic amines is 1. The van der Waals surface area contributed by atoms with Gasteiger partial charge in [0.05, 0.1) is 5.75 Å². The summed E-state index contributed by atoms with van der Waals surface area (Å²) >= 11 is 1.40. The Morgan fingerprint density at radius 2 is 1.83 bits per heavy atom. The minimum absolute atomic E-state index is 0.0122. The van der Waals surface area contributed by atoms with Crippen molar-refractivity contribution in [1.29, 1.82) is 0 Å². The van der Waals surface area contributed by atoms with Crippen LogP contribution >= 0.6 is 11.8 Å². The quantitative estimate of drug-likeness (QED) is 0.466. The average molecular weight is 425 g/mol. The molecule has 0 saturated heterocycles. The van der Waals surface area contributed by atoms with Crippen LogP contribution in [0.4, 0.5) is 0 Å². The zero-order chi connectivity index (χ0) is 20.5. The first kappa shape index (κ1) is 19.7. The van der Waals surface area contributed by atoms with Gasteiger partial charge in [-0.1, -0.05) is 62.1 Å². The predicted octanol–water partition coefficient (Wildman–Crippen LogP) is 4.53. The molecule has 1 aromatic carbocycles. The number of rotatable bonds is 5. The molecular weight excluding hydrogens is 396 g/mol. The molecule has 6 nitrogen and oxygen atoms in total. The van der Waals surface area contributed by atoms with Gasteiger partial charge in [-0.3, -0.25) is 14.2 Å². The number of carbonyl (C=O) groups excluding carboxylic acids is 1. The molecule has 0 atom stereocenters. The van der Waals surface area contributed by atoms with Gasteiger partial charge in [-0.25, -0.2) is 4.98 Å². The molecule has 2 fully saturated rings. The highest BCUT2D eigenvalue weighted by Gasteiger charge is 2.24. The first-order chi connectivity index (χ1) is 14.7. The van der Waals surface area contributed by atoms with Gasteiger partial charge >= 0.3 is 0 Å². The number of amides is 1. The number of para-hydroxylation sites is 1. The summed E-state index contributed by atoms with van der Waals surface area (Å²) in [7, 11) is 0. The maximum Gasteiger partial charge on any atom is 0.278 e. The van der Waals surface area contributed by atoms with Gasteiger partial charge in [0.25, 0.3) is 5.56 Å². The van der Waals surface area contributed by atoms with Crippen molar-refractivity contribution in [3.05, 3.63) is 34.6 Å². The van der Waals surface area contributed by atoms with Crippen molar-refractivity contribution < 1.29 is 4.79 Å². The lowest BCUT2D eigenvalue weighted by Gasteiger charge is -2.25. The maximum atomic E-state index is 13.5. The summed E-state index contributed by atoms with van der Waals surface area (Å²) in [6, 6.07) is 8.36. The van der Waals surface area contributed by atoms with Crippen molar-refractivity contribution >= 4 is 39.6 Å². The summed E-state index contributed by atoms with van der Waals surface area (Å²) in [4.78, 5) is 34.2. The zero-order valence-electron chi connectivity index (χ0n) is 17.2. The number of carbonyl (C=O) groups is 1. The monoisotopic (exact) mass is 424 g/mol. The van der Waals surface area contributed by atoms with E-state index in [1.54, 1.807) is 0 Å². The number of H-pyrrole nitrogens is 1. The van der Waals surface area contributed by atoms with E-state index in [1.807, 2.05) is 28.8 Å². The Kier molecular flexibility index (Phi) is 5.54. The first-order valence-electron chi connectivity index (χ1n) is 11.2. The fourth-order valence-electron chi connectivity index (χ4n) is 4.99. The zero-order valence-corrected chi connectivity index (χ0v) is 18.0. The van der Waals surface area contributed by atoms with Gasteiger partial charge in [0.2, 0.25) is 5.91 Å². The summed E-state index contributed by atoms with van der Waals surface area (Å²) < 4.78 is 1.87. The molecule has 2 aliphatic rings. The topological polar surface area (TPSA) is 79.8 Å². The first-order valence-corrected chi connectivity index (χ1v) is 12.1. The Hall–Kier alpha value is -2.28. The largest absolute Gasteiger partial charge is 0.353 e. The predicted molar refractivity (Wildman–Crippen MR) is 121 cm³/mol. The van der Waals surface area contributed by atoms with E-state index >= 15 is 0 Å². The molecular formula is C23H28N4O2S. The van der Waals surface area contributed by atoms with Gasteiger partial charge in [0.15, 0.2) is 5.16 Å². The second-order valence-electron chi connectivity index (χ2n) is 8.59. The van der Waals surface area contributed by atoms with Crippen molar-refractivity contribution in [2.75, 3.05) is 5.75 Å². The van der Waals surface area contributed by atoms with E-state index in [4.69, 9.17) is 4.98 Å². The van der Waals surface area contributed by atoms with E-state index < -0.39 is 0 Å². The molecule has 3 aromatic rings. The molecule has 0 bridgehead atoms. The molecule has 7 heteroatoms. The van der Waals surface area contributed by atoms with Crippen molar-refractivity contribution in [1.82, 2.24) is 19.9 Å². The smallest absolute Gasteiger partial charge is 0.278 e. The molecule has 2 saturated carbocycles. The van der Waals surface area contributed by atoms with Crippen LogP contribution in [0.25, 0.3) is 21.9 Å². The number of fused-ring (bicyclic) bond motifs is 3. The van der Waals surface area contributed by atoms with Crippen LogP contribution in [-0.4, -0.2) is 32.2 Å². The molecule has 30 heavy (non-hydrogen) atoms. The van der Waals surface area contributed by atoms with Crippen LogP contribution in [0.3, 0.4) is 0 Å². The number of thioether (sulfide) groups is 1. The summed E-state index contributed by atoms with van der Waals surface area (Å²) in [5.41, 5.74) is 2.19. The van der Waals surface area contributed by atoms with E-state index in [0.29, 0.717) is 28.0 Å². The van der Waals surface area contributed by atoms with Gasteiger partial charge in [0.1, 0.15) is 11.0 Å². The highest BCUT2D eigenvalue weighted by atomic mass is 32.2. The summed E-state index contributed by atoms with van der Waals surface area (Å²) in [6.07, 6.45) is 10.0. The molecule has 0 radical (unpaired) electrons. The highest BCUT2D eigenvalue weighted by Crippen LogP contribution is 2.32. The van der Waals surface area contributed by atoms with Gasteiger partial charge in [0, 0.05) is 23.0 Å². The van der Waals surface area contributed by atoms with E-state index in [1.165, 1.54) is 31.0 Å². The van der Waals surface area contributed by atoms with Crippen molar-refractivity contribution in [3.8, 4) is 0 Å². The van der Waals surface area contributed by atoms with E-state index in [-0.39, 0.29) is 17.5 Å². The molecule has 5 rings (SSSR count). The molecule has 1 amide bonds. The van der Waals surface area contributed by atoms with Crippen LogP contribution in [0.2, 0.25) is 0 Å². The van der Waals surface area contributed by atoms with Crippen molar-refractivity contribution in [3.63, 3.8) is 0 Å². The van der Waals surface area contributed by atoms with E-state index in [2.05, 4.69) is 10.3 Å². The number of benzene rings is 1. The van der Waals surface area contributed by atoms with E-state index in [0.717, 1.165) is 49.4 Å². The number of nitrogens with zero attached hydrogens (tertiary/aromatic N) is 2. The fraction of sp³-hybridized carbons (Fsp3) is 0.522. The summed E-state index contributed by atoms with van der Waals surface area (Å²) in [5.74, 6) is 0.333. The third kappa shape index (κ3) is 3.75. The van der Waals surface area contributed by atoms with Gasteiger partial charge in [-0.05, 0) is 31.7 Å². The van der Waals surface area contributed by atoms with Crippen LogP contribution in [0.5, 0.6) is 0 Å². The standard InChI is InChI=1S/C23H28N4O2S/c28-19(24-15-8-4-5-9-15)14-30-23-26-20-17-12-6-7-13-18(17)25-21(20)22(29)27(23)16-10-2-1-3-11-16/h6-7,12-13,15-16,25H,1-5,8-11,14H2,(H,24,28). The number of aromatic nitrogens is 3. The van der Waals surface area contributed by atoms with Crippen LogP contribution in [0, 0.1) is 0 Å². The molecule has 2 heterocycles. The number of hydrogen-bond donors (Lipinski definition) is 2. The Morgan fingerprint density at radius 1 is 1.10 bits per heavy atom. The molecule has 0 spiro atoms. The van der Waals surface area contributed by atoms with Crippen LogP contribution < -0.4 is 10.9 Å². The normalized spacial score (nSPS) is 18.4. The molecule has 2 N–H and O–H groups in total. The highest BCUT2D eigenvalue weighted by molar-refractivity contribution is 7.99. The minimum Gasteiger partial charge on any atom is -0.353 e. The van der Waals surface area contributed by atoms with Crippen molar-refractivity contribution in [2.45, 2.75) is 75.0 Å². The third-order valence-electron chi connectivity index (χ3n) is 6.52. The second-order valence-corrected chi connectivity index (χ2v) is 9.54. The van der Waals surface area contributed by atoms with E-state index in [9.17, 15) is 9.59 Å². The van der Waals surface area contributed by atoms with Gasteiger partial charge in [-0.2, -0.15) is 0 Å². The van der Waals surface area contributed by atoms with Crippen LogP contribution in [0.15, 0.2) is 34.2 Å². The Morgan fingerprint density at radius 3 is 2.63 bits per heavy atom. The summed E-state index contributed by atoms with van der Waals surface area (Å²) in [5, 5.41) is 4.77. The van der Waals surface area contributed by atoms with Gasteiger partial charge in [-0.15, -0.1) is 0 Å². The van der Waals surface area contributed by atoms with Crippen LogP contribution in [0.1, 0.15) is 63.8 Å². The van der Waals surface area contributed by atoms with Gasteiger partial charge < -0.3 is 10.3 Å². The lowest BCUT2D eigenvalue weighted by Crippen LogP contribution is -2.34. The fourth-order valence-corrected chi connectivity index (χ4v) is 5.86. The lowest BCUT2D eigenvalue weighted by atomic mass is 9.95. The maximum absolute atomic E-state index is 13.5. The third-order valence-corrected chi connectivity index (χ3v) is 7.47. The Balaban J connectivity index is 1.51. The second kappa shape index (κ2) is 8.46. The number of nitrogens with one attached hydrogen (secondary N) is 2. The molecule has 2 aromatic heterocycles. The van der Waals surface area contributed by atoms with Crippen LogP contribution in [-0.2, 0) is 4.79 Å².